The molecule has 8 heteroatoms. The van der Waals surface area contributed by atoms with Gasteiger partial charge in [-0.2, -0.15) is 0 Å². The number of carbonyl (C=O) groups is 2. The van der Waals surface area contributed by atoms with Crippen LogP contribution < -0.4 is 15.4 Å². The molecule has 0 aliphatic heterocycles. The average Bonchev–Trinajstić information content (AvgIpc) is 2.57. The lowest BCUT2D eigenvalue weighted by molar-refractivity contribution is -0.117. The molecule has 2 amide bonds. The van der Waals surface area contributed by atoms with Crippen LogP contribution in [0.4, 0.5) is 11.4 Å². The van der Waals surface area contributed by atoms with Crippen LogP contribution in [0.15, 0.2) is 42.5 Å². The molecule has 7 nitrogen and oxygen atoms in total. The van der Waals surface area contributed by atoms with E-state index in [1.54, 1.807) is 37.3 Å². The smallest absolute Gasteiger partial charge is 0.250 e. The number of aryl methyl sites for hydroxylation is 2. The van der Waals surface area contributed by atoms with Crippen LogP contribution in [0.1, 0.15) is 34.8 Å². The summed E-state index contributed by atoms with van der Waals surface area (Å²) in [5, 5.41) is 2.65. The zero-order valence-corrected chi connectivity index (χ0v) is 17.2. The molecule has 2 aromatic carbocycles. The standard InChI is InChI=1S/C20H25N3O4S/c1-5-18(20(25)22-17-9-7-6-8-16(17)19(21)24)23(28(4,26)27)15-11-13(2)10-14(3)12-15/h6-12,18H,5H2,1-4H3,(H2,21,24)(H,22,25)/t18-/m1/s1. The Kier molecular flexibility index (Phi) is 6.45. The Morgan fingerprint density at radius 3 is 2.18 bits per heavy atom. The second-order valence-electron chi connectivity index (χ2n) is 6.73. The van der Waals surface area contributed by atoms with Gasteiger partial charge in [0, 0.05) is 0 Å². The molecule has 0 saturated carbocycles. The Bertz CT molecular complexity index is 982. The Morgan fingerprint density at radius 1 is 1.11 bits per heavy atom. The Labute approximate surface area is 165 Å². The first-order chi connectivity index (χ1) is 13.0. The summed E-state index contributed by atoms with van der Waals surface area (Å²) < 4.78 is 26.2. The number of amides is 2. The van der Waals surface area contributed by atoms with Crippen molar-refractivity contribution in [2.24, 2.45) is 5.73 Å². The molecule has 0 unspecified atom stereocenters. The van der Waals surface area contributed by atoms with Crippen molar-refractivity contribution < 1.29 is 18.0 Å². The first-order valence-corrected chi connectivity index (χ1v) is 10.7. The van der Waals surface area contributed by atoms with Crippen LogP contribution in [0, 0.1) is 13.8 Å². The number of para-hydroxylation sites is 1. The number of primary amides is 1. The number of hydrogen-bond donors (Lipinski definition) is 2. The van der Waals surface area contributed by atoms with Crippen LogP contribution in [0.3, 0.4) is 0 Å². The molecule has 0 bridgehead atoms. The van der Waals surface area contributed by atoms with Crippen LogP contribution in [-0.2, 0) is 14.8 Å². The third-order valence-electron chi connectivity index (χ3n) is 4.24. The van der Waals surface area contributed by atoms with Crippen molar-refractivity contribution in [1.82, 2.24) is 0 Å². The van der Waals surface area contributed by atoms with E-state index in [4.69, 9.17) is 5.73 Å². The first-order valence-electron chi connectivity index (χ1n) is 8.82. The van der Waals surface area contributed by atoms with Gasteiger partial charge in [0.1, 0.15) is 6.04 Å². The van der Waals surface area contributed by atoms with Crippen molar-refractivity contribution in [3.05, 3.63) is 59.2 Å². The quantitative estimate of drug-likeness (QED) is 0.740. The second kappa shape index (κ2) is 8.43. The topological polar surface area (TPSA) is 110 Å². The Balaban J connectivity index is 2.47. The van der Waals surface area contributed by atoms with Gasteiger partial charge in [-0.1, -0.05) is 25.1 Å². The van der Waals surface area contributed by atoms with Gasteiger partial charge in [-0.05, 0) is 55.7 Å². The van der Waals surface area contributed by atoms with Gasteiger partial charge in [0.25, 0.3) is 5.91 Å². The number of nitrogens with one attached hydrogen (secondary N) is 1. The number of carbonyl (C=O) groups excluding carboxylic acids is 2. The van der Waals surface area contributed by atoms with E-state index in [1.807, 2.05) is 19.9 Å². The van der Waals surface area contributed by atoms with E-state index in [0.29, 0.717) is 5.69 Å². The number of sulfonamides is 1. The lowest BCUT2D eigenvalue weighted by Crippen LogP contribution is -2.47. The van der Waals surface area contributed by atoms with Crippen molar-refractivity contribution in [2.75, 3.05) is 15.9 Å². The van der Waals surface area contributed by atoms with Gasteiger partial charge < -0.3 is 11.1 Å². The molecule has 28 heavy (non-hydrogen) atoms. The number of nitrogens with two attached hydrogens (primary N) is 1. The van der Waals surface area contributed by atoms with Crippen molar-refractivity contribution in [2.45, 2.75) is 33.2 Å². The van der Waals surface area contributed by atoms with Crippen LogP contribution in [0.25, 0.3) is 0 Å². The molecule has 0 aromatic heterocycles. The fraction of sp³-hybridized carbons (Fsp3) is 0.300. The van der Waals surface area contributed by atoms with E-state index >= 15 is 0 Å². The molecule has 0 aliphatic carbocycles. The molecule has 0 spiro atoms. The van der Waals surface area contributed by atoms with E-state index < -0.39 is 27.9 Å². The van der Waals surface area contributed by atoms with Gasteiger partial charge in [-0.15, -0.1) is 0 Å². The van der Waals surface area contributed by atoms with E-state index in [9.17, 15) is 18.0 Å². The van der Waals surface area contributed by atoms with Gasteiger partial charge in [0.15, 0.2) is 0 Å². The van der Waals surface area contributed by atoms with Crippen molar-refractivity contribution >= 4 is 33.2 Å². The van der Waals surface area contributed by atoms with Gasteiger partial charge in [0.2, 0.25) is 15.9 Å². The summed E-state index contributed by atoms with van der Waals surface area (Å²) in [5.41, 5.74) is 7.95. The van der Waals surface area contributed by atoms with Crippen molar-refractivity contribution in [3.8, 4) is 0 Å². The largest absolute Gasteiger partial charge is 0.366 e. The van der Waals surface area contributed by atoms with Gasteiger partial charge >= 0.3 is 0 Å². The highest BCUT2D eigenvalue weighted by molar-refractivity contribution is 7.92. The first kappa shape index (κ1) is 21.4. The van der Waals surface area contributed by atoms with E-state index in [0.717, 1.165) is 21.7 Å². The SMILES string of the molecule is CC[C@H](C(=O)Nc1ccccc1C(N)=O)N(c1cc(C)cc(C)c1)S(C)(=O)=O. The molecule has 0 heterocycles. The molecule has 0 fully saturated rings. The van der Waals surface area contributed by atoms with Crippen molar-refractivity contribution in [1.29, 1.82) is 0 Å². The maximum absolute atomic E-state index is 13.0. The summed E-state index contributed by atoms with van der Waals surface area (Å²) in [6.45, 7) is 5.45. The fourth-order valence-corrected chi connectivity index (χ4v) is 4.36. The maximum atomic E-state index is 13.0. The van der Waals surface area contributed by atoms with Gasteiger partial charge in [-0.3, -0.25) is 13.9 Å². The predicted molar refractivity (Wildman–Crippen MR) is 111 cm³/mol. The Morgan fingerprint density at radius 2 is 1.68 bits per heavy atom. The minimum atomic E-state index is -3.75. The maximum Gasteiger partial charge on any atom is 0.250 e. The molecule has 2 rings (SSSR count). The lowest BCUT2D eigenvalue weighted by atomic mass is 10.1. The Hall–Kier alpha value is -2.87. The zero-order valence-electron chi connectivity index (χ0n) is 16.4. The van der Waals surface area contributed by atoms with Crippen LogP contribution in [0.2, 0.25) is 0 Å². The van der Waals surface area contributed by atoms with Crippen LogP contribution in [-0.4, -0.2) is 32.5 Å². The molecule has 0 aliphatic rings. The molecule has 150 valence electrons. The minimum absolute atomic E-state index is 0.156. The van der Waals surface area contributed by atoms with Crippen molar-refractivity contribution in [3.63, 3.8) is 0 Å². The molecule has 0 saturated heterocycles. The third kappa shape index (κ3) is 4.89. The van der Waals surface area contributed by atoms with Gasteiger partial charge in [-0.25, -0.2) is 8.42 Å². The zero-order chi connectivity index (χ0) is 21.1. The van der Waals surface area contributed by atoms with E-state index in [1.165, 1.54) is 6.07 Å². The molecule has 3 N–H and O–H groups in total. The number of rotatable bonds is 7. The number of anilines is 2. The summed E-state index contributed by atoms with van der Waals surface area (Å²) in [4.78, 5) is 24.6. The van der Waals surface area contributed by atoms with Crippen LogP contribution >= 0.6 is 0 Å². The second-order valence-corrected chi connectivity index (χ2v) is 8.59. The summed E-state index contributed by atoms with van der Waals surface area (Å²) in [7, 11) is -3.75. The highest BCUT2D eigenvalue weighted by atomic mass is 32.2. The number of nitrogens with zero attached hydrogens (tertiary/aromatic N) is 1. The van der Waals surface area contributed by atoms with E-state index in [2.05, 4.69) is 5.32 Å². The normalized spacial score (nSPS) is 12.3. The minimum Gasteiger partial charge on any atom is -0.366 e. The predicted octanol–water partition coefficient (Wildman–Crippen LogP) is 2.59. The summed E-state index contributed by atoms with van der Waals surface area (Å²) in [6, 6.07) is 10.7. The molecule has 1 atom stereocenters. The van der Waals surface area contributed by atoms with Crippen LogP contribution in [0.5, 0.6) is 0 Å². The van der Waals surface area contributed by atoms with E-state index in [-0.39, 0.29) is 17.7 Å². The third-order valence-corrected chi connectivity index (χ3v) is 5.42. The fourth-order valence-electron chi connectivity index (χ4n) is 3.16. The summed E-state index contributed by atoms with van der Waals surface area (Å²) >= 11 is 0. The lowest BCUT2D eigenvalue weighted by Gasteiger charge is -2.30. The highest BCUT2D eigenvalue weighted by Gasteiger charge is 2.32. The molecular formula is C20H25N3O4S. The average molecular weight is 404 g/mol. The summed E-state index contributed by atoms with van der Waals surface area (Å²) in [6.07, 6.45) is 1.31. The summed E-state index contributed by atoms with van der Waals surface area (Å²) in [5.74, 6) is -1.22. The monoisotopic (exact) mass is 403 g/mol. The molecular weight excluding hydrogens is 378 g/mol. The number of hydrogen-bond acceptors (Lipinski definition) is 4. The van der Waals surface area contributed by atoms with Gasteiger partial charge in [0.05, 0.1) is 23.2 Å². The molecule has 0 radical (unpaired) electrons. The molecule has 2 aromatic rings. The number of benzene rings is 2. The highest BCUT2D eigenvalue weighted by Crippen LogP contribution is 2.26.